The Balaban J connectivity index is 1.82. The lowest BCUT2D eigenvalue weighted by molar-refractivity contribution is 0.0945. The van der Waals surface area contributed by atoms with Gasteiger partial charge in [0.2, 0.25) is 0 Å². The van der Waals surface area contributed by atoms with Crippen LogP contribution in [0.15, 0.2) is 36.7 Å². The van der Waals surface area contributed by atoms with Gasteiger partial charge in [-0.05, 0) is 48.2 Å². The Labute approximate surface area is 175 Å². The zero-order valence-electron chi connectivity index (χ0n) is 16.8. The number of nitrogens with two attached hydrogens (primary N) is 1. The van der Waals surface area contributed by atoms with Crippen LogP contribution in [-0.2, 0) is 19.6 Å². The van der Waals surface area contributed by atoms with Gasteiger partial charge in [-0.25, -0.2) is 4.98 Å². The first-order chi connectivity index (χ1) is 13.9. The van der Waals surface area contributed by atoms with E-state index in [4.69, 9.17) is 17.3 Å². The maximum atomic E-state index is 12.8. The summed E-state index contributed by atoms with van der Waals surface area (Å²) >= 11 is 6.07. The first kappa shape index (κ1) is 21.0. The molecule has 0 fully saturated rings. The lowest BCUT2D eigenvalue weighted by atomic mass is 10.1. The summed E-state index contributed by atoms with van der Waals surface area (Å²) in [6.07, 6.45) is 1.71. The van der Waals surface area contributed by atoms with Gasteiger partial charge in [0.25, 0.3) is 5.91 Å². The van der Waals surface area contributed by atoms with Crippen molar-refractivity contribution in [3.05, 3.63) is 64.2 Å². The number of amides is 1. The van der Waals surface area contributed by atoms with E-state index in [-0.39, 0.29) is 5.91 Å². The number of benzene rings is 1. The summed E-state index contributed by atoms with van der Waals surface area (Å²) in [5.41, 5.74) is 9.48. The van der Waals surface area contributed by atoms with E-state index in [1.165, 1.54) is 0 Å². The van der Waals surface area contributed by atoms with Crippen LogP contribution in [0.3, 0.4) is 0 Å². The molecule has 0 bridgehead atoms. The molecule has 8 heteroatoms. The van der Waals surface area contributed by atoms with Crippen LogP contribution < -0.4 is 11.1 Å². The van der Waals surface area contributed by atoms with Gasteiger partial charge in [-0.1, -0.05) is 31.5 Å². The molecule has 0 saturated heterocycles. The molecule has 152 valence electrons. The first-order valence-electron chi connectivity index (χ1n) is 9.49. The fraction of sp³-hybridized carbons (Fsp3) is 0.333. The van der Waals surface area contributed by atoms with Gasteiger partial charge in [-0.15, -0.1) is 10.2 Å². The number of carbonyl (C=O) groups excluding carboxylic acids is 1. The van der Waals surface area contributed by atoms with Crippen molar-refractivity contribution >= 4 is 17.5 Å². The number of halogens is 1. The molecule has 0 radical (unpaired) electrons. The molecule has 0 aliphatic heterocycles. The van der Waals surface area contributed by atoms with E-state index in [9.17, 15) is 4.79 Å². The molecular weight excluding hydrogens is 388 g/mol. The zero-order valence-corrected chi connectivity index (χ0v) is 17.6. The van der Waals surface area contributed by atoms with Gasteiger partial charge in [0.05, 0.1) is 0 Å². The van der Waals surface area contributed by atoms with E-state index in [0.29, 0.717) is 29.7 Å². The fourth-order valence-corrected chi connectivity index (χ4v) is 3.34. The molecule has 0 atom stereocenters. The van der Waals surface area contributed by atoms with Crippen LogP contribution in [0.25, 0.3) is 11.4 Å². The molecule has 29 heavy (non-hydrogen) atoms. The van der Waals surface area contributed by atoms with Gasteiger partial charge in [-0.2, -0.15) is 0 Å². The second-order valence-electron chi connectivity index (χ2n) is 7.38. The Kier molecular flexibility index (Phi) is 6.61. The van der Waals surface area contributed by atoms with Crippen molar-refractivity contribution in [2.45, 2.75) is 40.4 Å². The molecule has 7 nitrogen and oxygen atoms in total. The van der Waals surface area contributed by atoms with Crippen LogP contribution in [0.4, 0.5) is 0 Å². The van der Waals surface area contributed by atoms with Gasteiger partial charge in [0.1, 0.15) is 12.0 Å². The minimum Gasteiger partial charge on any atom is -0.347 e. The van der Waals surface area contributed by atoms with Gasteiger partial charge in [-0.3, -0.25) is 4.79 Å². The minimum absolute atomic E-state index is 0.271. The minimum atomic E-state index is -0.271. The highest BCUT2D eigenvalue weighted by atomic mass is 35.5. The highest BCUT2D eigenvalue weighted by Gasteiger charge is 2.15. The first-order valence-corrected chi connectivity index (χ1v) is 9.87. The van der Waals surface area contributed by atoms with Crippen LogP contribution in [0.1, 0.15) is 41.2 Å². The van der Waals surface area contributed by atoms with Crippen molar-refractivity contribution in [3.63, 3.8) is 0 Å². The number of aromatic nitrogens is 4. The van der Waals surface area contributed by atoms with Gasteiger partial charge < -0.3 is 15.6 Å². The topological polar surface area (TPSA) is 98.7 Å². The Morgan fingerprint density at radius 2 is 2.03 bits per heavy atom. The van der Waals surface area contributed by atoms with Crippen LogP contribution in [0, 0.1) is 12.8 Å². The predicted octanol–water partition coefficient (Wildman–Crippen LogP) is 3.35. The molecule has 0 unspecified atom stereocenters. The highest BCUT2D eigenvalue weighted by Crippen LogP contribution is 2.20. The highest BCUT2D eigenvalue weighted by molar-refractivity contribution is 6.30. The molecule has 0 aliphatic carbocycles. The van der Waals surface area contributed by atoms with Gasteiger partial charge in [0, 0.05) is 35.9 Å². The standard InChI is InChI=1S/C21H25ClN6O/c1-13(2)11-28-12-25-27-20(28)16-6-14(3)26-19(8-16)21(29)24-10-17-7-18(22)5-4-15(17)9-23/h4-8,12-13H,9-11,23H2,1-3H3,(H,24,29). The summed E-state index contributed by atoms with van der Waals surface area (Å²) in [6.45, 7) is 7.60. The average Bonchev–Trinajstić information content (AvgIpc) is 3.13. The molecular formula is C21H25ClN6O. The third-order valence-electron chi connectivity index (χ3n) is 4.45. The van der Waals surface area contributed by atoms with Crippen molar-refractivity contribution in [2.24, 2.45) is 11.7 Å². The third kappa shape index (κ3) is 5.19. The molecule has 0 aliphatic rings. The number of hydrogen-bond donors (Lipinski definition) is 2. The number of carbonyl (C=O) groups is 1. The Morgan fingerprint density at radius 1 is 1.24 bits per heavy atom. The van der Waals surface area contributed by atoms with Gasteiger partial charge >= 0.3 is 0 Å². The van der Waals surface area contributed by atoms with Crippen LogP contribution in [0.5, 0.6) is 0 Å². The van der Waals surface area contributed by atoms with Crippen molar-refractivity contribution < 1.29 is 4.79 Å². The lowest BCUT2D eigenvalue weighted by Crippen LogP contribution is -2.25. The summed E-state index contributed by atoms with van der Waals surface area (Å²) in [7, 11) is 0. The Bertz CT molecular complexity index is 1010. The average molecular weight is 413 g/mol. The number of hydrogen-bond acceptors (Lipinski definition) is 5. The van der Waals surface area contributed by atoms with Crippen molar-refractivity contribution in [1.82, 2.24) is 25.1 Å². The van der Waals surface area contributed by atoms with E-state index in [2.05, 4.69) is 34.3 Å². The number of pyridine rings is 1. The molecule has 3 aromatic rings. The number of aryl methyl sites for hydroxylation is 1. The van der Waals surface area contributed by atoms with E-state index >= 15 is 0 Å². The normalized spacial score (nSPS) is 11.1. The zero-order chi connectivity index (χ0) is 21.0. The summed E-state index contributed by atoms with van der Waals surface area (Å²) in [6, 6.07) is 9.12. The predicted molar refractivity (Wildman–Crippen MR) is 113 cm³/mol. The number of nitrogens with one attached hydrogen (secondary N) is 1. The maximum Gasteiger partial charge on any atom is 0.270 e. The monoisotopic (exact) mass is 412 g/mol. The lowest BCUT2D eigenvalue weighted by Gasteiger charge is -2.12. The molecule has 3 rings (SSSR count). The van der Waals surface area contributed by atoms with E-state index < -0.39 is 0 Å². The number of rotatable bonds is 7. The SMILES string of the molecule is Cc1cc(-c2nncn2CC(C)C)cc(C(=O)NCc2cc(Cl)ccc2CN)n1. The Morgan fingerprint density at radius 3 is 2.76 bits per heavy atom. The summed E-state index contributed by atoms with van der Waals surface area (Å²) in [5.74, 6) is 0.899. The molecule has 1 aromatic carbocycles. The van der Waals surface area contributed by atoms with Crippen molar-refractivity contribution in [3.8, 4) is 11.4 Å². The molecule has 2 heterocycles. The summed E-state index contributed by atoms with van der Waals surface area (Å²) in [4.78, 5) is 17.1. The molecule has 3 N–H and O–H groups in total. The van der Waals surface area contributed by atoms with Crippen LogP contribution in [-0.4, -0.2) is 25.7 Å². The molecule has 0 saturated carbocycles. The summed E-state index contributed by atoms with van der Waals surface area (Å²) < 4.78 is 1.99. The van der Waals surface area contributed by atoms with Crippen LogP contribution in [0.2, 0.25) is 5.02 Å². The number of nitrogens with zero attached hydrogens (tertiary/aromatic N) is 4. The fourth-order valence-electron chi connectivity index (χ4n) is 3.14. The van der Waals surface area contributed by atoms with E-state index in [0.717, 1.165) is 34.8 Å². The molecule has 2 aromatic heterocycles. The van der Waals surface area contributed by atoms with Crippen LogP contribution >= 0.6 is 11.6 Å². The maximum absolute atomic E-state index is 12.8. The van der Waals surface area contributed by atoms with Crippen molar-refractivity contribution in [2.75, 3.05) is 0 Å². The summed E-state index contributed by atoms with van der Waals surface area (Å²) in [5, 5.41) is 11.8. The second kappa shape index (κ2) is 9.15. The Hall–Kier alpha value is -2.77. The largest absolute Gasteiger partial charge is 0.347 e. The quantitative estimate of drug-likeness (QED) is 0.620. The molecule has 1 amide bonds. The second-order valence-corrected chi connectivity index (χ2v) is 7.82. The van der Waals surface area contributed by atoms with Crippen molar-refractivity contribution in [1.29, 1.82) is 0 Å². The third-order valence-corrected chi connectivity index (χ3v) is 4.68. The molecule has 0 spiro atoms. The van der Waals surface area contributed by atoms with Gasteiger partial charge in [0.15, 0.2) is 5.82 Å². The van der Waals surface area contributed by atoms with E-state index in [1.54, 1.807) is 18.5 Å². The smallest absolute Gasteiger partial charge is 0.270 e. The van der Waals surface area contributed by atoms with E-state index in [1.807, 2.05) is 29.7 Å².